The molecule has 3 N–H and O–H groups in total. The van der Waals surface area contributed by atoms with E-state index in [0.29, 0.717) is 16.9 Å². The number of ether oxygens (including phenoxy) is 1. The largest absolute Gasteiger partial charge is 0.496 e. The number of aliphatic hydroxyl groups is 1. The highest BCUT2D eigenvalue weighted by molar-refractivity contribution is 7.91. The zero-order chi connectivity index (χ0) is 18.6. The van der Waals surface area contributed by atoms with Gasteiger partial charge in [0, 0.05) is 17.0 Å². The van der Waals surface area contributed by atoms with Gasteiger partial charge in [0.15, 0.2) is 9.84 Å². The monoisotopic (exact) mass is 363 g/mol. The fourth-order valence-electron chi connectivity index (χ4n) is 2.73. The average molecular weight is 363 g/mol. The second-order valence-corrected chi connectivity index (χ2v) is 7.77. The zero-order valence-electron chi connectivity index (χ0n) is 14.1. The highest BCUT2D eigenvalue weighted by Gasteiger charge is 2.24. The lowest BCUT2D eigenvalue weighted by Gasteiger charge is -2.21. The molecule has 0 aliphatic rings. The molecule has 0 saturated carbocycles. The van der Waals surface area contributed by atoms with Crippen LogP contribution < -0.4 is 10.5 Å². The van der Waals surface area contributed by atoms with Crippen molar-refractivity contribution in [2.24, 2.45) is 5.73 Å². The van der Waals surface area contributed by atoms with Gasteiger partial charge in [-0.05, 0) is 29.8 Å². The van der Waals surface area contributed by atoms with Crippen LogP contribution in [0.4, 0.5) is 0 Å². The molecule has 1 atom stereocenters. The standard InChI is InChI=1S/C18H21NO5S/c1-3-25(22,23)13-9-7-12(8-10-13)15(11-20)17-14(18(19)21)5-4-6-16(17)24-2/h4-10,15,20H,3,11H2,1-2H3,(H2,19,21)/t15-/m1/s1. The number of rotatable bonds is 7. The predicted molar refractivity (Wildman–Crippen MR) is 94.6 cm³/mol. The van der Waals surface area contributed by atoms with E-state index in [1.165, 1.54) is 19.2 Å². The van der Waals surface area contributed by atoms with E-state index in [-0.39, 0.29) is 22.8 Å². The van der Waals surface area contributed by atoms with Crippen LogP contribution in [0.3, 0.4) is 0 Å². The third kappa shape index (κ3) is 3.83. The first kappa shape index (κ1) is 19.0. The van der Waals surface area contributed by atoms with Gasteiger partial charge in [0.1, 0.15) is 5.75 Å². The van der Waals surface area contributed by atoms with Gasteiger partial charge in [0.25, 0.3) is 0 Å². The van der Waals surface area contributed by atoms with Gasteiger partial charge in [-0.3, -0.25) is 4.79 Å². The van der Waals surface area contributed by atoms with Gasteiger partial charge in [-0.15, -0.1) is 0 Å². The fourth-order valence-corrected chi connectivity index (χ4v) is 3.62. The van der Waals surface area contributed by atoms with Gasteiger partial charge in [-0.25, -0.2) is 8.42 Å². The number of carbonyl (C=O) groups excluding carboxylic acids is 1. The zero-order valence-corrected chi connectivity index (χ0v) is 14.9. The van der Waals surface area contributed by atoms with Gasteiger partial charge in [-0.2, -0.15) is 0 Å². The average Bonchev–Trinajstić information content (AvgIpc) is 2.62. The molecule has 2 rings (SSSR count). The molecule has 2 aromatic carbocycles. The molecule has 0 spiro atoms. The number of primary amides is 1. The number of hydrogen-bond donors (Lipinski definition) is 2. The molecule has 0 heterocycles. The first-order valence-electron chi connectivity index (χ1n) is 7.76. The molecule has 1 amide bonds. The van der Waals surface area contributed by atoms with Crippen molar-refractivity contribution in [2.45, 2.75) is 17.7 Å². The molecular formula is C18H21NO5S. The third-order valence-corrected chi connectivity index (χ3v) is 5.85. The minimum Gasteiger partial charge on any atom is -0.496 e. The topological polar surface area (TPSA) is 107 Å². The normalized spacial score (nSPS) is 12.6. The van der Waals surface area contributed by atoms with Crippen LogP contribution in [0.1, 0.15) is 34.3 Å². The SMILES string of the molecule is CCS(=O)(=O)c1ccc([C@@H](CO)c2c(OC)cccc2C(N)=O)cc1. The van der Waals surface area contributed by atoms with E-state index >= 15 is 0 Å². The van der Waals surface area contributed by atoms with Crippen molar-refractivity contribution in [3.63, 3.8) is 0 Å². The van der Waals surface area contributed by atoms with Crippen molar-refractivity contribution in [1.29, 1.82) is 0 Å². The molecule has 0 fully saturated rings. The van der Waals surface area contributed by atoms with Gasteiger partial charge in [0.2, 0.25) is 5.91 Å². The van der Waals surface area contributed by atoms with Crippen molar-refractivity contribution in [3.8, 4) is 5.75 Å². The maximum absolute atomic E-state index is 11.9. The molecule has 0 bridgehead atoms. The lowest BCUT2D eigenvalue weighted by molar-refractivity contribution is 0.0998. The van der Waals surface area contributed by atoms with Crippen molar-refractivity contribution in [2.75, 3.05) is 19.5 Å². The highest BCUT2D eigenvalue weighted by Crippen LogP contribution is 2.34. The van der Waals surface area contributed by atoms with E-state index in [0.717, 1.165) is 0 Å². The Morgan fingerprint density at radius 1 is 1.20 bits per heavy atom. The first-order chi connectivity index (χ1) is 11.9. The van der Waals surface area contributed by atoms with Crippen LogP contribution in [0.25, 0.3) is 0 Å². The lowest BCUT2D eigenvalue weighted by Crippen LogP contribution is -2.18. The number of aliphatic hydroxyl groups excluding tert-OH is 1. The van der Waals surface area contributed by atoms with E-state index in [4.69, 9.17) is 10.5 Å². The summed E-state index contributed by atoms with van der Waals surface area (Å²) in [6.07, 6.45) is 0. The van der Waals surface area contributed by atoms with E-state index < -0.39 is 21.7 Å². The van der Waals surface area contributed by atoms with Crippen LogP contribution >= 0.6 is 0 Å². The Bertz CT molecular complexity index is 860. The van der Waals surface area contributed by atoms with E-state index in [2.05, 4.69) is 0 Å². The summed E-state index contributed by atoms with van der Waals surface area (Å²) in [4.78, 5) is 12.0. The van der Waals surface area contributed by atoms with Crippen molar-refractivity contribution in [1.82, 2.24) is 0 Å². The highest BCUT2D eigenvalue weighted by atomic mass is 32.2. The molecule has 6 nitrogen and oxygen atoms in total. The van der Waals surface area contributed by atoms with Gasteiger partial charge in [-0.1, -0.05) is 25.1 Å². The van der Waals surface area contributed by atoms with Gasteiger partial charge in [0.05, 0.1) is 24.4 Å². The van der Waals surface area contributed by atoms with Crippen molar-refractivity contribution >= 4 is 15.7 Å². The number of carbonyl (C=O) groups is 1. The number of sulfone groups is 1. The smallest absolute Gasteiger partial charge is 0.249 e. The van der Waals surface area contributed by atoms with E-state index in [1.807, 2.05) is 0 Å². The molecule has 2 aromatic rings. The Balaban J connectivity index is 2.56. The molecule has 134 valence electrons. The fraction of sp³-hybridized carbons (Fsp3) is 0.278. The Morgan fingerprint density at radius 3 is 2.32 bits per heavy atom. The van der Waals surface area contributed by atoms with Crippen LogP contribution in [-0.4, -0.2) is 38.9 Å². The number of amides is 1. The summed E-state index contributed by atoms with van der Waals surface area (Å²) in [6, 6.07) is 11.1. The van der Waals surface area contributed by atoms with Crippen molar-refractivity contribution < 1.29 is 23.1 Å². The van der Waals surface area contributed by atoms with E-state index in [1.54, 1.807) is 37.3 Å². The van der Waals surface area contributed by atoms with Crippen LogP contribution in [0.15, 0.2) is 47.4 Å². The molecule has 0 aromatic heterocycles. The molecule has 0 unspecified atom stereocenters. The van der Waals surface area contributed by atoms with Crippen molar-refractivity contribution in [3.05, 3.63) is 59.2 Å². The number of hydrogen-bond acceptors (Lipinski definition) is 5. The summed E-state index contributed by atoms with van der Waals surface area (Å²) in [5, 5.41) is 9.91. The van der Waals surface area contributed by atoms with Crippen LogP contribution in [0.5, 0.6) is 5.75 Å². The molecule has 0 saturated heterocycles. The molecule has 7 heteroatoms. The van der Waals surface area contributed by atoms with Gasteiger partial charge >= 0.3 is 0 Å². The lowest BCUT2D eigenvalue weighted by atomic mass is 9.87. The van der Waals surface area contributed by atoms with E-state index in [9.17, 15) is 18.3 Å². The number of methoxy groups -OCH3 is 1. The molecule has 0 aliphatic carbocycles. The molecule has 0 aliphatic heterocycles. The third-order valence-electron chi connectivity index (χ3n) is 4.10. The summed E-state index contributed by atoms with van der Waals surface area (Å²) in [5.41, 5.74) is 6.84. The van der Waals surface area contributed by atoms with Crippen LogP contribution in [0.2, 0.25) is 0 Å². The molecule has 25 heavy (non-hydrogen) atoms. The quantitative estimate of drug-likeness (QED) is 0.779. The minimum absolute atomic E-state index is 0.00804. The molecule has 0 radical (unpaired) electrons. The summed E-state index contributed by atoms with van der Waals surface area (Å²) < 4.78 is 29.2. The Labute approximate surface area is 147 Å². The number of nitrogens with two attached hydrogens (primary N) is 1. The Kier molecular flexibility index (Phi) is 5.81. The molecular weight excluding hydrogens is 342 g/mol. The van der Waals surface area contributed by atoms with Crippen LogP contribution in [-0.2, 0) is 9.84 Å². The Hall–Kier alpha value is -2.38. The summed E-state index contributed by atoms with van der Waals surface area (Å²) in [7, 11) is -1.84. The maximum atomic E-state index is 11.9. The maximum Gasteiger partial charge on any atom is 0.249 e. The Morgan fingerprint density at radius 2 is 1.84 bits per heavy atom. The summed E-state index contributed by atoms with van der Waals surface area (Å²) in [6.45, 7) is 1.29. The van der Waals surface area contributed by atoms with Crippen LogP contribution in [0, 0.1) is 0 Å². The summed E-state index contributed by atoms with van der Waals surface area (Å²) >= 11 is 0. The second kappa shape index (κ2) is 7.67. The predicted octanol–water partition coefficient (Wildman–Crippen LogP) is 1.71. The first-order valence-corrected chi connectivity index (χ1v) is 9.41. The second-order valence-electron chi connectivity index (χ2n) is 5.49. The van der Waals surface area contributed by atoms with Gasteiger partial charge < -0.3 is 15.6 Å². The minimum atomic E-state index is -3.31. The number of benzene rings is 2. The summed E-state index contributed by atoms with van der Waals surface area (Å²) in [5.74, 6) is -0.760.